The number of benzene rings is 1. The van der Waals surface area contributed by atoms with E-state index in [1.165, 1.54) is 11.8 Å². The molecule has 2 aromatic heterocycles. The SMILES string of the molecule is COCc1cc(N2CCN(c3ccccc3Cl)CC2)nc(SCc2ccc(C(=O)NCCN3CCOCC3)o2)n1. The van der Waals surface area contributed by atoms with Crippen LogP contribution in [0.5, 0.6) is 0 Å². The maximum absolute atomic E-state index is 12.5. The fourth-order valence-corrected chi connectivity index (χ4v) is 5.77. The van der Waals surface area contributed by atoms with Gasteiger partial charge in [-0.25, -0.2) is 9.97 Å². The second kappa shape index (κ2) is 14.2. The van der Waals surface area contributed by atoms with Crippen molar-refractivity contribution in [2.45, 2.75) is 17.5 Å². The summed E-state index contributed by atoms with van der Waals surface area (Å²) in [5.41, 5.74) is 1.88. The molecule has 2 saturated heterocycles. The van der Waals surface area contributed by atoms with Crippen molar-refractivity contribution in [2.24, 2.45) is 0 Å². The summed E-state index contributed by atoms with van der Waals surface area (Å²) in [5, 5.41) is 4.35. The summed E-state index contributed by atoms with van der Waals surface area (Å²) in [5.74, 6) is 2.18. The molecule has 12 heteroatoms. The standard InChI is InChI=1S/C28H35ClN6O4S/c1-37-19-21-18-26(35-12-10-34(11-13-35)24-5-3-2-4-23(24)29)32-28(31-21)40-20-22-6-7-25(39-22)27(36)30-8-9-33-14-16-38-17-15-33/h2-7,18H,8-17,19-20H2,1H3,(H,30,36). The molecule has 5 rings (SSSR count). The molecule has 2 aliphatic heterocycles. The van der Waals surface area contributed by atoms with Crippen molar-refractivity contribution in [1.82, 2.24) is 20.2 Å². The predicted molar refractivity (Wildman–Crippen MR) is 156 cm³/mol. The Morgan fingerprint density at radius 3 is 2.60 bits per heavy atom. The third kappa shape index (κ3) is 7.67. The number of nitrogens with one attached hydrogen (secondary N) is 1. The summed E-state index contributed by atoms with van der Waals surface area (Å²) in [7, 11) is 1.66. The molecule has 3 aromatic rings. The fourth-order valence-electron chi connectivity index (χ4n) is 4.75. The number of carbonyl (C=O) groups is 1. The zero-order chi connectivity index (χ0) is 27.7. The number of furan rings is 1. The van der Waals surface area contributed by atoms with Gasteiger partial charge >= 0.3 is 0 Å². The Balaban J connectivity index is 1.16. The highest BCUT2D eigenvalue weighted by Crippen LogP contribution is 2.28. The molecule has 1 N–H and O–H groups in total. The van der Waals surface area contributed by atoms with Crippen LogP contribution < -0.4 is 15.1 Å². The smallest absolute Gasteiger partial charge is 0.287 e. The Labute approximate surface area is 244 Å². The Bertz CT molecular complexity index is 1260. The zero-order valence-corrected chi connectivity index (χ0v) is 24.3. The summed E-state index contributed by atoms with van der Waals surface area (Å²) in [6.07, 6.45) is 0. The van der Waals surface area contributed by atoms with Crippen LogP contribution in [-0.2, 0) is 21.8 Å². The maximum atomic E-state index is 12.5. The first-order chi connectivity index (χ1) is 19.6. The maximum Gasteiger partial charge on any atom is 0.287 e. The normalized spacial score (nSPS) is 16.4. The molecule has 10 nitrogen and oxygen atoms in total. The third-order valence-electron chi connectivity index (χ3n) is 6.88. The van der Waals surface area contributed by atoms with Gasteiger partial charge in [-0.15, -0.1) is 0 Å². The highest BCUT2D eigenvalue weighted by molar-refractivity contribution is 7.98. The lowest BCUT2D eigenvalue weighted by Gasteiger charge is -2.37. The minimum absolute atomic E-state index is 0.207. The van der Waals surface area contributed by atoms with Crippen molar-refractivity contribution in [3.63, 3.8) is 0 Å². The number of hydrogen-bond acceptors (Lipinski definition) is 10. The van der Waals surface area contributed by atoms with Gasteiger partial charge in [0, 0.05) is 65.5 Å². The number of thioether (sulfide) groups is 1. The number of amides is 1. The van der Waals surface area contributed by atoms with E-state index in [0.29, 0.717) is 35.6 Å². The minimum atomic E-state index is -0.207. The number of nitrogens with zero attached hydrogens (tertiary/aromatic N) is 5. The molecular formula is C28H35ClN6O4S. The average Bonchev–Trinajstić information content (AvgIpc) is 3.47. The molecule has 2 aliphatic rings. The number of anilines is 2. The van der Waals surface area contributed by atoms with Gasteiger partial charge in [0.25, 0.3) is 5.91 Å². The molecule has 2 fully saturated rings. The lowest BCUT2D eigenvalue weighted by atomic mass is 10.2. The van der Waals surface area contributed by atoms with Crippen molar-refractivity contribution in [1.29, 1.82) is 0 Å². The molecule has 4 heterocycles. The number of piperazine rings is 1. The summed E-state index contributed by atoms with van der Waals surface area (Å²) in [6.45, 7) is 8.38. The summed E-state index contributed by atoms with van der Waals surface area (Å²) in [4.78, 5) is 28.9. The van der Waals surface area contributed by atoms with Crippen molar-refractivity contribution >= 4 is 40.8 Å². The number of para-hydroxylation sites is 1. The number of ether oxygens (including phenoxy) is 2. The van der Waals surface area contributed by atoms with E-state index in [-0.39, 0.29) is 5.91 Å². The van der Waals surface area contributed by atoms with Gasteiger partial charge in [0.2, 0.25) is 0 Å². The van der Waals surface area contributed by atoms with Gasteiger partial charge in [0.1, 0.15) is 11.6 Å². The van der Waals surface area contributed by atoms with E-state index in [2.05, 4.69) is 31.1 Å². The van der Waals surface area contributed by atoms with Crippen LogP contribution in [0.2, 0.25) is 5.02 Å². The number of carbonyl (C=O) groups excluding carboxylic acids is 1. The Morgan fingerprint density at radius 1 is 1.05 bits per heavy atom. The van der Waals surface area contributed by atoms with E-state index >= 15 is 0 Å². The summed E-state index contributed by atoms with van der Waals surface area (Å²) >= 11 is 7.89. The first-order valence-corrected chi connectivity index (χ1v) is 14.9. The van der Waals surface area contributed by atoms with Gasteiger partial charge < -0.3 is 29.0 Å². The molecule has 0 unspecified atom stereocenters. The quantitative estimate of drug-likeness (QED) is 0.265. The highest BCUT2D eigenvalue weighted by Gasteiger charge is 2.21. The number of methoxy groups -OCH3 is 1. The second-order valence-corrected chi connectivity index (χ2v) is 11.0. The Hall–Kier alpha value is -2.83. The topological polar surface area (TPSA) is 96.2 Å². The second-order valence-electron chi connectivity index (χ2n) is 9.62. The monoisotopic (exact) mass is 586 g/mol. The number of hydrogen-bond donors (Lipinski definition) is 1. The van der Waals surface area contributed by atoms with E-state index in [9.17, 15) is 4.79 Å². The summed E-state index contributed by atoms with van der Waals surface area (Å²) < 4.78 is 16.6. The highest BCUT2D eigenvalue weighted by atomic mass is 35.5. The predicted octanol–water partition coefficient (Wildman–Crippen LogP) is 3.55. The molecule has 1 aromatic carbocycles. The van der Waals surface area contributed by atoms with Crippen molar-refractivity contribution in [3.05, 3.63) is 64.7 Å². The van der Waals surface area contributed by atoms with E-state index in [4.69, 9.17) is 30.5 Å². The van der Waals surface area contributed by atoms with Gasteiger partial charge in [-0.1, -0.05) is 35.5 Å². The van der Waals surface area contributed by atoms with Crippen molar-refractivity contribution in [2.75, 3.05) is 82.5 Å². The van der Waals surface area contributed by atoms with E-state index in [1.54, 1.807) is 13.2 Å². The van der Waals surface area contributed by atoms with Crippen LogP contribution in [0.15, 0.2) is 52.0 Å². The van der Waals surface area contributed by atoms with Gasteiger partial charge in [0.15, 0.2) is 10.9 Å². The van der Waals surface area contributed by atoms with Gasteiger partial charge in [-0.3, -0.25) is 9.69 Å². The molecule has 0 atom stereocenters. The van der Waals surface area contributed by atoms with Crippen molar-refractivity contribution in [3.8, 4) is 0 Å². The number of aromatic nitrogens is 2. The first-order valence-electron chi connectivity index (χ1n) is 13.5. The summed E-state index contributed by atoms with van der Waals surface area (Å²) in [6, 6.07) is 13.5. The number of rotatable bonds is 11. The molecule has 0 spiro atoms. The fraction of sp³-hybridized carbons (Fsp3) is 0.464. The molecule has 0 saturated carbocycles. The van der Waals surface area contributed by atoms with Crippen LogP contribution in [0.4, 0.5) is 11.5 Å². The first kappa shape index (κ1) is 28.7. The van der Waals surface area contributed by atoms with Crippen LogP contribution in [0.3, 0.4) is 0 Å². The Morgan fingerprint density at radius 2 is 1.82 bits per heavy atom. The van der Waals surface area contributed by atoms with Crippen LogP contribution in [0, 0.1) is 0 Å². The largest absolute Gasteiger partial charge is 0.455 e. The lowest BCUT2D eigenvalue weighted by molar-refractivity contribution is 0.0382. The minimum Gasteiger partial charge on any atom is -0.455 e. The molecule has 1 amide bonds. The molecule has 214 valence electrons. The zero-order valence-electron chi connectivity index (χ0n) is 22.7. The van der Waals surface area contributed by atoms with Crippen LogP contribution in [-0.4, -0.2) is 93.5 Å². The molecule has 0 radical (unpaired) electrons. The van der Waals surface area contributed by atoms with E-state index in [1.807, 2.05) is 30.3 Å². The van der Waals surface area contributed by atoms with Gasteiger partial charge in [0.05, 0.1) is 42.0 Å². The molecule has 0 bridgehead atoms. The Kier molecular flexibility index (Phi) is 10.2. The van der Waals surface area contributed by atoms with E-state index in [0.717, 1.165) is 81.2 Å². The number of morpholine rings is 1. The van der Waals surface area contributed by atoms with Gasteiger partial charge in [-0.2, -0.15) is 0 Å². The number of halogens is 1. The van der Waals surface area contributed by atoms with Crippen LogP contribution in [0.25, 0.3) is 0 Å². The van der Waals surface area contributed by atoms with Crippen molar-refractivity contribution < 1.29 is 18.7 Å². The van der Waals surface area contributed by atoms with Crippen LogP contribution in [0.1, 0.15) is 22.0 Å². The molecular weight excluding hydrogens is 552 g/mol. The molecule has 0 aliphatic carbocycles. The molecule has 40 heavy (non-hydrogen) atoms. The average molecular weight is 587 g/mol. The van der Waals surface area contributed by atoms with Crippen LogP contribution >= 0.6 is 23.4 Å². The van der Waals surface area contributed by atoms with E-state index < -0.39 is 0 Å². The third-order valence-corrected chi connectivity index (χ3v) is 8.07. The van der Waals surface area contributed by atoms with Gasteiger partial charge in [-0.05, 0) is 24.3 Å². The lowest BCUT2D eigenvalue weighted by Crippen LogP contribution is -2.47.